The molecule has 0 amide bonds. The molecule has 0 radical (unpaired) electrons. The third-order valence-electron chi connectivity index (χ3n) is 23.2. The quantitative estimate of drug-likeness (QED) is 0.0454. The van der Waals surface area contributed by atoms with Gasteiger partial charge in [-0.3, -0.25) is 4.79 Å². The Morgan fingerprint density at radius 1 is 0.558 bits per heavy atom. The molecule has 9 fully saturated rings. The van der Waals surface area contributed by atoms with Crippen LogP contribution >= 0.6 is 0 Å². The van der Waals surface area contributed by atoms with E-state index in [1.54, 1.807) is 0 Å². The van der Waals surface area contributed by atoms with Crippen molar-refractivity contribution in [3.8, 4) is 0 Å². The Bertz CT molecular complexity index is 2380. The fourth-order valence-electron chi connectivity index (χ4n) is 17.6. The second kappa shape index (κ2) is 24.9. The molecule has 16 N–H and O–H groups in total. The van der Waals surface area contributed by atoms with Crippen LogP contribution in [0.2, 0.25) is 0 Å². The van der Waals surface area contributed by atoms with E-state index in [-0.39, 0.29) is 47.2 Å². The number of carbonyl (C=O) groups is 1. The number of aliphatic hydroxyl groups excluding tert-OH is 16. The highest BCUT2D eigenvalue weighted by Crippen LogP contribution is 2.76. The maximum absolute atomic E-state index is 15.1. The van der Waals surface area contributed by atoms with E-state index in [2.05, 4.69) is 40.7 Å². The van der Waals surface area contributed by atoms with Crippen molar-refractivity contribution >= 4 is 5.97 Å². The minimum atomic E-state index is -1.87. The highest BCUT2D eigenvalue weighted by atomic mass is 16.8. The van der Waals surface area contributed by atoms with Crippen molar-refractivity contribution in [1.29, 1.82) is 0 Å². The van der Waals surface area contributed by atoms with Crippen LogP contribution in [0.4, 0.5) is 0 Å². The molecule has 33 atom stereocenters. The standard InChI is InChI=1S/C59H96O27/c1-24-34(64)46(84-49-43(73)40(70)37(67)29(20-61)81-49)45(75)51(79-24)85-47-35(65)27(63)21-77-52(47)83-33-11-12-55(4)31(56(33,5)23-62)10-13-58(7)32(55)9-8-25-26-18-54(2,3)14-16-59(26,17-15-57(25,58)6)53(76)86-50-44(74)41(71)38(68)30(82-50)22-78-48-42(72)39(69)36(66)28(19-60)80-48/h8,24,26-52,60-75H,9-23H2,1-7H3/t24-,26-,27-,28+,29+,30+,31+,32+,33-,34-,35-,36+,37+,38+,39-,40-,41-,42+,43+,44+,45+,46+,47+,48+,49-,50?,51-,52-,55-,56-,57+,58+,59-/m0/s1. The second-order valence-electron chi connectivity index (χ2n) is 28.5. The minimum absolute atomic E-state index is 0.0885. The Morgan fingerprint density at radius 3 is 1.77 bits per heavy atom. The van der Waals surface area contributed by atoms with Gasteiger partial charge in [-0.15, -0.1) is 0 Å². The lowest BCUT2D eigenvalue weighted by Gasteiger charge is -2.71. The van der Waals surface area contributed by atoms with Gasteiger partial charge in [0.2, 0.25) is 6.29 Å². The summed E-state index contributed by atoms with van der Waals surface area (Å²) in [6.07, 6.45) is -31.4. The van der Waals surface area contributed by atoms with Gasteiger partial charge in [0.05, 0.1) is 50.7 Å². The summed E-state index contributed by atoms with van der Waals surface area (Å²) < 4.78 is 59.5. The first-order valence-electron chi connectivity index (χ1n) is 30.8. The maximum atomic E-state index is 15.1. The van der Waals surface area contributed by atoms with Gasteiger partial charge < -0.3 is 129 Å². The van der Waals surface area contributed by atoms with Crippen molar-refractivity contribution < 1.29 is 134 Å². The van der Waals surface area contributed by atoms with E-state index in [0.717, 1.165) is 6.42 Å². The van der Waals surface area contributed by atoms with Gasteiger partial charge in [0.1, 0.15) is 110 Å². The molecular formula is C59H96O27. The van der Waals surface area contributed by atoms with Gasteiger partial charge in [0.25, 0.3) is 0 Å². The SMILES string of the molecule is C[C@@H]1O[C@@H](O[C@H]2[C@H](O[C@H]3CC[C@@]4(C)[C@@H](CC[C@]5(C)[C@@H]4CC=C4[C@@H]6CC(C)(C)CC[C@]6(C(=O)OC6O[C@H](CO[C@@H]7O[C@H](CO)[C@@H](O)[C@H](O)[C@H]7O)[C@@H](O)[C@H](O)[C@H]6O)CC[C@]45C)[C@]3(C)CO)OC[C@H](O)[C@@H]2O)[C@H](O)[C@H](O[C@@H]2O[C@H](CO)[C@@H](O)[C@H](O)[C@H]2O)[C@H]1O. The first-order valence-corrected chi connectivity index (χ1v) is 30.8. The Morgan fingerprint density at radius 2 is 1.13 bits per heavy atom. The first kappa shape index (κ1) is 67.1. The van der Waals surface area contributed by atoms with Crippen LogP contribution in [0, 0.1) is 50.2 Å². The average molecular weight is 1240 g/mol. The van der Waals surface area contributed by atoms with Crippen LogP contribution in [0.25, 0.3) is 0 Å². The molecule has 0 spiro atoms. The number of rotatable bonds is 14. The minimum Gasteiger partial charge on any atom is -0.432 e. The molecule has 86 heavy (non-hydrogen) atoms. The first-order chi connectivity index (χ1) is 40.4. The zero-order valence-corrected chi connectivity index (χ0v) is 50.0. The summed E-state index contributed by atoms with van der Waals surface area (Å²) in [5, 5.41) is 172. The lowest BCUT2D eigenvalue weighted by molar-refractivity contribution is -0.383. The fourth-order valence-corrected chi connectivity index (χ4v) is 17.6. The molecule has 27 heteroatoms. The highest BCUT2D eigenvalue weighted by Gasteiger charge is 2.71. The summed E-state index contributed by atoms with van der Waals surface area (Å²) in [6.45, 7) is 12.1. The van der Waals surface area contributed by atoms with E-state index in [1.807, 2.05) is 6.92 Å². The summed E-state index contributed by atoms with van der Waals surface area (Å²) in [7, 11) is 0. The van der Waals surface area contributed by atoms with Crippen molar-refractivity contribution in [2.24, 2.45) is 50.2 Å². The molecule has 494 valence electrons. The van der Waals surface area contributed by atoms with E-state index in [0.29, 0.717) is 57.8 Å². The van der Waals surface area contributed by atoms with Crippen LogP contribution in [0.15, 0.2) is 11.6 Å². The van der Waals surface area contributed by atoms with Crippen LogP contribution in [0.1, 0.15) is 113 Å². The normalized spacial score (nSPS) is 54.8. The van der Waals surface area contributed by atoms with E-state index in [4.69, 9.17) is 47.4 Å². The van der Waals surface area contributed by atoms with E-state index in [9.17, 15) is 81.7 Å². The summed E-state index contributed by atoms with van der Waals surface area (Å²) in [5.41, 5.74) is -2.07. The molecule has 5 heterocycles. The Labute approximate surface area is 499 Å². The zero-order valence-electron chi connectivity index (χ0n) is 50.0. The fraction of sp³-hybridized carbons (Fsp3) is 0.949. The van der Waals surface area contributed by atoms with Crippen LogP contribution < -0.4 is 0 Å². The number of fused-ring (bicyclic) bond motifs is 7. The number of aliphatic hydroxyl groups is 16. The van der Waals surface area contributed by atoms with Gasteiger partial charge in [0.15, 0.2) is 25.2 Å². The highest BCUT2D eigenvalue weighted by molar-refractivity contribution is 5.79. The predicted octanol–water partition coefficient (Wildman–Crippen LogP) is -3.57. The average Bonchev–Trinajstić information content (AvgIpc) is 0.689. The molecule has 0 aromatic rings. The largest absolute Gasteiger partial charge is 0.432 e. The third kappa shape index (κ3) is 11.2. The number of hydrogen-bond donors (Lipinski definition) is 16. The molecule has 10 aliphatic rings. The monoisotopic (exact) mass is 1240 g/mol. The van der Waals surface area contributed by atoms with E-state index >= 15 is 4.79 Å². The number of carbonyl (C=O) groups excluding carboxylic acids is 1. The molecule has 5 aliphatic heterocycles. The molecule has 0 aromatic heterocycles. The van der Waals surface area contributed by atoms with Gasteiger partial charge in [-0.1, -0.05) is 53.2 Å². The predicted molar refractivity (Wildman–Crippen MR) is 289 cm³/mol. The number of ether oxygens (including phenoxy) is 10. The smallest absolute Gasteiger partial charge is 0.315 e. The molecule has 4 saturated carbocycles. The Balaban J connectivity index is 0.849. The van der Waals surface area contributed by atoms with Crippen molar-refractivity contribution in [2.75, 3.05) is 33.0 Å². The van der Waals surface area contributed by atoms with Gasteiger partial charge >= 0.3 is 5.97 Å². The summed E-state index contributed by atoms with van der Waals surface area (Å²) in [4.78, 5) is 15.1. The number of esters is 1. The van der Waals surface area contributed by atoms with Crippen LogP contribution in [-0.2, 0) is 52.2 Å². The second-order valence-corrected chi connectivity index (χ2v) is 28.5. The van der Waals surface area contributed by atoms with Crippen LogP contribution in [-0.4, -0.2) is 274 Å². The molecule has 10 rings (SSSR count). The molecule has 0 bridgehead atoms. The van der Waals surface area contributed by atoms with Crippen molar-refractivity contribution in [3.63, 3.8) is 0 Å². The molecule has 1 unspecified atom stereocenters. The Kier molecular flexibility index (Phi) is 19.4. The van der Waals surface area contributed by atoms with Crippen molar-refractivity contribution in [2.45, 2.75) is 266 Å². The molecule has 27 nitrogen and oxygen atoms in total. The van der Waals surface area contributed by atoms with Gasteiger partial charge in [-0.25, -0.2) is 0 Å². The summed E-state index contributed by atoms with van der Waals surface area (Å²) in [5.74, 6) is -0.929. The summed E-state index contributed by atoms with van der Waals surface area (Å²) in [6, 6.07) is 0. The van der Waals surface area contributed by atoms with Crippen molar-refractivity contribution in [3.05, 3.63) is 11.6 Å². The van der Waals surface area contributed by atoms with Gasteiger partial charge in [-0.2, -0.15) is 0 Å². The molecule has 0 aromatic carbocycles. The van der Waals surface area contributed by atoms with E-state index < -0.39 is 196 Å². The van der Waals surface area contributed by atoms with Gasteiger partial charge in [-0.05, 0) is 111 Å². The Hall–Kier alpha value is -1.79. The van der Waals surface area contributed by atoms with Gasteiger partial charge in [0, 0.05) is 5.41 Å². The van der Waals surface area contributed by atoms with Crippen LogP contribution in [0.3, 0.4) is 0 Å². The number of hydrogen-bond acceptors (Lipinski definition) is 27. The lowest BCUT2D eigenvalue weighted by Crippen LogP contribution is -2.67. The number of allylic oxidation sites excluding steroid dienone is 2. The topological polar surface area (TPSA) is 433 Å². The van der Waals surface area contributed by atoms with Crippen molar-refractivity contribution in [1.82, 2.24) is 0 Å². The molecule has 5 aliphatic carbocycles. The maximum Gasteiger partial charge on any atom is 0.315 e. The third-order valence-corrected chi connectivity index (χ3v) is 23.2. The zero-order chi connectivity index (χ0) is 62.7. The van der Waals surface area contributed by atoms with E-state index in [1.165, 1.54) is 12.5 Å². The molecular weight excluding hydrogens is 1140 g/mol. The summed E-state index contributed by atoms with van der Waals surface area (Å²) >= 11 is 0. The lowest BCUT2D eigenvalue weighted by atomic mass is 9.33. The van der Waals surface area contributed by atoms with Crippen LogP contribution in [0.5, 0.6) is 0 Å². The molecule has 5 saturated heterocycles.